The number of anilines is 1. The molecule has 0 aliphatic carbocycles. The molecular weight excluding hydrogens is 534 g/mol. The van der Waals surface area contributed by atoms with Gasteiger partial charge in [-0.2, -0.15) is 11.8 Å². The number of alkyl carbamates (subject to hydrolysis) is 1. The van der Waals surface area contributed by atoms with E-state index in [1.165, 1.54) is 22.7 Å². The third kappa shape index (κ3) is 9.38. The number of hydrogen-bond donors (Lipinski definition) is 2. The van der Waals surface area contributed by atoms with Crippen molar-refractivity contribution in [2.45, 2.75) is 51.8 Å². The molecule has 2 aromatic rings. The summed E-state index contributed by atoms with van der Waals surface area (Å²) in [7, 11) is 0. The van der Waals surface area contributed by atoms with Crippen molar-refractivity contribution >= 4 is 47.0 Å². The zero-order valence-corrected chi connectivity index (χ0v) is 24.6. The molecule has 2 aromatic carbocycles. The Bertz CT molecular complexity index is 1200. The van der Waals surface area contributed by atoms with E-state index >= 15 is 0 Å². The van der Waals surface area contributed by atoms with Crippen LogP contribution in [0.3, 0.4) is 0 Å². The Morgan fingerprint density at radius 3 is 2.41 bits per heavy atom. The molecular formula is C30H36ClN3O4S. The lowest BCUT2D eigenvalue weighted by molar-refractivity contribution is -0.140. The predicted molar refractivity (Wildman–Crippen MR) is 160 cm³/mol. The van der Waals surface area contributed by atoms with Gasteiger partial charge in [-0.05, 0) is 75.5 Å². The second-order valence-electron chi connectivity index (χ2n) is 9.85. The Kier molecular flexibility index (Phi) is 12.0. The minimum absolute atomic E-state index is 0.0427. The summed E-state index contributed by atoms with van der Waals surface area (Å²) in [4.78, 5) is 41.9. The molecule has 2 atom stereocenters. The number of para-hydroxylation sites is 1. The summed E-state index contributed by atoms with van der Waals surface area (Å²) in [5, 5.41) is 5.97. The van der Waals surface area contributed by atoms with Gasteiger partial charge in [0, 0.05) is 12.1 Å². The molecule has 3 amide bonds. The fraction of sp³-hybridized carbons (Fsp3) is 0.367. The van der Waals surface area contributed by atoms with Crippen LogP contribution in [0.4, 0.5) is 10.5 Å². The van der Waals surface area contributed by atoms with E-state index in [4.69, 9.17) is 22.8 Å². The normalized spacial score (nSPS) is 12.4. The Morgan fingerprint density at radius 2 is 1.87 bits per heavy atom. The summed E-state index contributed by atoms with van der Waals surface area (Å²) in [5.74, 6) is 2.23. The Morgan fingerprint density at radius 1 is 1.21 bits per heavy atom. The van der Waals surface area contributed by atoms with E-state index in [9.17, 15) is 14.4 Å². The average Bonchev–Trinajstić information content (AvgIpc) is 2.87. The van der Waals surface area contributed by atoms with Crippen molar-refractivity contribution in [1.82, 2.24) is 10.2 Å². The van der Waals surface area contributed by atoms with E-state index in [1.807, 2.05) is 19.2 Å². The van der Waals surface area contributed by atoms with E-state index in [1.54, 1.807) is 57.2 Å². The van der Waals surface area contributed by atoms with Crippen LogP contribution < -0.4 is 10.6 Å². The zero-order valence-electron chi connectivity index (χ0n) is 23.0. The molecule has 208 valence electrons. The van der Waals surface area contributed by atoms with Crippen LogP contribution in [0.1, 0.15) is 49.9 Å². The van der Waals surface area contributed by atoms with Gasteiger partial charge in [-0.15, -0.1) is 13.0 Å². The number of nitrogens with one attached hydrogen (secondary N) is 2. The van der Waals surface area contributed by atoms with E-state index < -0.39 is 35.6 Å². The first kappa shape index (κ1) is 31.8. The van der Waals surface area contributed by atoms with Crippen LogP contribution in [0.25, 0.3) is 0 Å². The number of halogens is 1. The number of carbonyl (C=O) groups excluding carboxylic acids is 3. The molecule has 0 aliphatic heterocycles. The number of terminal acetylenes is 1. The number of hydrogen-bond acceptors (Lipinski definition) is 5. The highest BCUT2D eigenvalue weighted by molar-refractivity contribution is 7.98. The van der Waals surface area contributed by atoms with Gasteiger partial charge in [0.1, 0.15) is 17.7 Å². The number of benzene rings is 2. The van der Waals surface area contributed by atoms with Gasteiger partial charge in [0.2, 0.25) is 5.91 Å². The number of ether oxygens (including phenoxy) is 1. The van der Waals surface area contributed by atoms with Gasteiger partial charge >= 0.3 is 6.09 Å². The van der Waals surface area contributed by atoms with Crippen LogP contribution in [0.15, 0.2) is 55.1 Å². The molecule has 0 aliphatic rings. The van der Waals surface area contributed by atoms with Crippen molar-refractivity contribution in [2.75, 3.05) is 23.9 Å². The molecule has 2 rings (SSSR count). The molecule has 0 saturated heterocycles. The number of amides is 3. The van der Waals surface area contributed by atoms with Crippen LogP contribution in [-0.4, -0.2) is 53.0 Å². The standard InChI is InChI=1S/C30H36ClN3O4S/c1-8-18-34(28(36)24(17-19-39-7)32-29(37)38-30(4,5)6)26(22-15-13-21(9-2)14-16-22)27(35)33-25-20(3)11-10-12-23(25)31/h2,8,10-16,24,26H,1,17-19H2,3-7H3,(H,32,37)(H,33,35). The second kappa shape index (κ2) is 14.7. The van der Waals surface area contributed by atoms with Gasteiger partial charge < -0.3 is 20.3 Å². The van der Waals surface area contributed by atoms with Crippen molar-refractivity contribution in [3.63, 3.8) is 0 Å². The highest BCUT2D eigenvalue weighted by atomic mass is 35.5. The lowest BCUT2D eigenvalue weighted by Crippen LogP contribution is -2.52. The third-order valence-electron chi connectivity index (χ3n) is 5.63. The summed E-state index contributed by atoms with van der Waals surface area (Å²) in [6.45, 7) is 10.9. The summed E-state index contributed by atoms with van der Waals surface area (Å²) in [5.41, 5.74) is 1.64. The molecule has 0 saturated carbocycles. The molecule has 0 radical (unpaired) electrons. The summed E-state index contributed by atoms with van der Waals surface area (Å²) in [6.07, 6.45) is 8.59. The van der Waals surface area contributed by atoms with E-state index in [-0.39, 0.29) is 6.54 Å². The lowest BCUT2D eigenvalue weighted by atomic mass is 10.0. The first-order valence-electron chi connectivity index (χ1n) is 12.4. The van der Waals surface area contributed by atoms with E-state index in [0.717, 1.165) is 5.56 Å². The summed E-state index contributed by atoms with van der Waals surface area (Å²) >= 11 is 7.92. The molecule has 0 heterocycles. The molecule has 9 heteroatoms. The monoisotopic (exact) mass is 569 g/mol. The number of aryl methyl sites for hydroxylation is 1. The van der Waals surface area contributed by atoms with Gasteiger partial charge in [-0.3, -0.25) is 9.59 Å². The largest absolute Gasteiger partial charge is 0.444 e. The van der Waals surface area contributed by atoms with Crippen molar-refractivity contribution < 1.29 is 19.1 Å². The molecule has 0 bridgehead atoms. The molecule has 0 fully saturated rings. The number of thioether (sulfide) groups is 1. The topological polar surface area (TPSA) is 87.7 Å². The third-order valence-corrected chi connectivity index (χ3v) is 6.59. The van der Waals surface area contributed by atoms with Crippen molar-refractivity contribution in [2.24, 2.45) is 0 Å². The predicted octanol–water partition coefficient (Wildman–Crippen LogP) is 5.97. The summed E-state index contributed by atoms with van der Waals surface area (Å²) < 4.78 is 5.40. The van der Waals surface area contributed by atoms with Crippen molar-refractivity contribution in [3.05, 3.63) is 76.8 Å². The zero-order chi connectivity index (χ0) is 29.2. The van der Waals surface area contributed by atoms with Gasteiger partial charge in [-0.1, -0.05) is 47.9 Å². The molecule has 0 spiro atoms. The molecule has 0 aromatic heterocycles. The first-order chi connectivity index (χ1) is 18.4. The van der Waals surface area contributed by atoms with Crippen molar-refractivity contribution in [1.29, 1.82) is 0 Å². The number of carbonyl (C=O) groups is 3. The highest BCUT2D eigenvalue weighted by Gasteiger charge is 2.36. The van der Waals surface area contributed by atoms with Gasteiger partial charge in [0.05, 0.1) is 10.7 Å². The van der Waals surface area contributed by atoms with Gasteiger partial charge in [-0.25, -0.2) is 4.79 Å². The fourth-order valence-electron chi connectivity index (χ4n) is 3.82. The van der Waals surface area contributed by atoms with Gasteiger partial charge in [0.15, 0.2) is 0 Å². The SMILES string of the molecule is C#Cc1ccc(C(C(=O)Nc2c(C)cccc2Cl)N(CC=C)C(=O)C(CCSC)NC(=O)OC(C)(C)C)cc1. The number of rotatable bonds is 11. The number of nitrogens with zero attached hydrogens (tertiary/aromatic N) is 1. The van der Waals surface area contributed by atoms with Gasteiger partial charge in [0.25, 0.3) is 5.91 Å². The molecule has 2 unspecified atom stereocenters. The van der Waals surface area contributed by atoms with Crippen LogP contribution in [-0.2, 0) is 14.3 Å². The summed E-state index contributed by atoms with van der Waals surface area (Å²) in [6, 6.07) is 10.1. The van der Waals surface area contributed by atoms with Crippen LogP contribution in [0.5, 0.6) is 0 Å². The maximum Gasteiger partial charge on any atom is 0.408 e. The van der Waals surface area contributed by atoms with Crippen LogP contribution in [0, 0.1) is 19.3 Å². The van der Waals surface area contributed by atoms with Crippen LogP contribution in [0.2, 0.25) is 5.02 Å². The lowest BCUT2D eigenvalue weighted by Gasteiger charge is -2.34. The minimum Gasteiger partial charge on any atom is -0.444 e. The van der Waals surface area contributed by atoms with Crippen molar-refractivity contribution in [3.8, 4) is 12.3 Å². The average molecular weight is 570 g/mol. The molecule has 7 nitrogen and oxygen atoms in total. The fourth-order valence-corrected chi connectivity index (χ4v) is 4.56. The quantitative estimate of drug-likeness (QED) is 0.257. The second-order valence-corrected chi connectivity index (χ2v) is 11.2. The van der Waals surface area contributed by atoms with Crippen LogP contribution >= 0.6 is 23.4 Å². The Labute approximate surface area is 240 Å². The minimum atomic E-state index is -1.07. The molecule has 39 heavy (non-hydrogen) atoms. The molecule has 2 N–H and O–H groups in total. The maximum atomic E-state index is 14.0. The van der Waals surface area contributed by atoms with E-state index in [0.29, 0.717) is 34.0 Å². The first-order valence-corrected chi connectivity index (χ1v) is 14.2. The Hall–Kier alpha value is -3.41. The highest BCUT2D eigenvalue weighted by Crippen LogP contribution is 2.29. The Balaban J connectivity index is 2.55. The maximum absolute atomic E-state index is 14.0. The van der Waals surface area contributed by atoms with E-state index in [2.05, 4.69) is 23.1 Å². The smallest absolute Gasteiger partial charge is 0.408 e.